The van der Waals surface area contributed by atoms with Gasteiger partial charge in [-0.1, -0.05) is 26.7 Å². The first-order chi connectivity index (χ1) is 11.1. The summed E-state index contributed by atoms with van der Waals surface area (Å²) in [5.74, 6) is 1.34. The molecule has 1 saturated carbocycles. The molecule has 1 heterocycles. The number of amides is 1. The quantitative estimate of drug-likeness (QED) is 0.655. The summed E-state index contributed by atoms with van der Waals surface area (Å²) >= 11 is 0. The number of hydrogen-bond donors (Lipinski definition) is 1. The fourth-order valence-electron chi connectivity index (χ4n) is 3.83. The summed E-state index contributed by atoms with van der Waals surface area (Å²) in [6.45, 7) is 4.42. The highest BCUT2D eigenvalue weighted by Crippen LogP contribution is 2.33. The van der Waals surface area contributed by atoms with Crippen LogP contribution in [0.3, 0.4) is 0 Å². The van der Waals surface area contributed by atoms with Crippen LogP contribution in [0.4, 0.5) is 4.39 Å². The third-order valence-corrected chi connectivity index (χ3v) is 5.02. The van der Waals surface area contributed by atoms with Crippen molar-refractivity contribution < 1.29 is 13.9 Å². The third-order valence-electron chi connectivity index (χ3n) is 5.02. The van der Waals surface area contributed by atoms with Gasteiger partial charge in [-0.3, -0.25) is 14.2 Å². The molecule has 5 heteroatoms. The Hall–Kier alpha value is -0.970. The van der Waals surface area contributed by atoms with Crippen molar-refractivity contribution in [2.45, 2.75) is 83.3 Å². The lowest BCUT2D eigenvalue weighted by atomic mass is 9.86. The Labute approximate surface area is 139 Å². The zero-order valence-electron chi connectivity index (χ0n) is 14.6. The van der Waals surface area contributed by atoms with Crippen molar-refractivity contribution in [2.24, 2.45) is 10.9 Å². The summed E-state index contributed by atoms with van der Waals surface area (Å²) in [5.41, 5.74) is -0.521. The van der Waals surface area contributed by atoms with E-state index in [2.05, 4.69) is 19.2 Å². The largest absolute Gasteiger partial charge is 0.378 e. The van der Waals surface area contributed by atoms with Crippen LogP contribution in [0.25, 0.3) is 0 Å². The number of nitrogens with zero attached hydrogens (tertiary/aromatic N) is 1. The Balaban J connectivity index is 1.91. The number of carbonyl (C=O) groups excluding carboxylic acids is 1. The predicted molar refractivity (Wildman–Crippen MR) is 90.4 cm³/mol. The fraction of sp³-hybridized carbons (Fsp3) is 0.889. The average Bonchev–Trinajstić information content (AvgIpc) is 2.86. The van der Waals surface area contributed by atoms with Crippen LogP contribution in [0, 0.1) is 5.92 Å². The molecule has 0 saturated heterocycles. The van der Waals surface area contributed by atoms with Crippen LogP contribution in [0.15, 0.2) is 4.99 Å². The lowest BCUT2D eigenvalue weighted by Crippen LogP contribution is -2.41. The van der Waals surface area contributed by atoms with Crippen LogP contribution in [-0.2, 0) is 9.53 Å². The van der Waals surface area contributed by atoms with Crippen molar-refractivity contribution in [1.29, 1.82) is 0 Å². The minimum atomic E-state index is -0.521. The van der Waals surface area contributed by atoms with E-state index < -0.39 is 5.54 Å². The number of alkyl halides is 1. The van der Waals surface area contributed by atoms with E-state index in [0.717, 1.165) is 57.2 Å². The van der Waals surface area contributed by atoms with Crippen LogP contribution >= 0.6 is 0 Å². The minimum absolute atomic E-state index is 0.0949. The SMILES string of the molecule is CCCC1(CCC)N=C([C@H]2CC[C@@H](OCCCF)CC2)NC1=O. The number of halogens is 1. The normalized spacial score (nSPS) is 26.9. The molecule has 1 aliphatic heterocycles. The van der Waals surface area contributed by atoms with E-state index in [4.69, 9.17) is 9.73 Å². The molecule has 132 valence electrons. The van der Waals surface area contributed by atoms with E-state index in [1.807, 2.05) is 0 Å². The van der Waals surface area contributed by atoms with Crippen molar-refractivity contribution in [2.75, 3.05) is 13.3 Å². The number of nitrogens with one attached hydrogen (secondary N) is 1. The van der Waals surface area contributed by atoms with Crippen molar-refractivity contribution in [3.05, 3.63) is 0 Å². The van der Waals surface area contributed by atoms with Crippen LogP contribution < -0.4 is 5.32 Å². The molecule has 0 spiro atoms. The molecule has 0 bridgehead atoms. The van der Waals surface area contributed by atoms with E-state index in [9.17, 15) is 9.18 Å². The molecule has 1 fully saturated rings. The molecule has 23 heavy (non-hydrogen) atoms. The zero-order valence-corrected chi connectivity index (χ0v) is 14.6. The average molecular weight is 326 g/mol. The molecule has 0 aromatic heterocycles. The summed E-state index contributed by atoms with van der Waals surface area (Å²) in [6, 6.07) is 0. The van der Waals surface area contributed by atoms with Gasteiger partial charge >= 0.3 is 0 Å². The van der Waals surface area contributed by atoms with Crippen molar-refractivity contribution in [1.82, 2.24) is 5.32 Å². The summed E-state index contributed by atoms with van der Waals surface area (Å²) in [4.78, 5) is 17.4. The summed E-state index contributed by atoms with van der Waals surface area (Å²) in [7, 11) is 0. The Kier molecular flexibility index (Phi) is 7.00. The second-order valence-corrected chi connectivity index (χ2v) is 6.87. The number of amidine groups is 1. The van der Waals surface area contributed by atoms with Crippen LogP contribution in [-0.4, -0.2) is 36.7 Å². The topological polar surface area (TPSA) is 50.7 Å². The van der Waals surface area contributed by atoms with Crippen molar-refractivity contribution >= 4 is 11.7 Å². The second kappa shape index (κ2) is 8.76. The number of hydrogen-bond acceptors (Lipinski definition) is 3. The summed E-state index contributed by atoms with van der Waals surface area (Å²) < 4.78 is 17.8. The highest BCUT2D eigenvalue weighted by molar-refractivity contribution is 6.09. The molecule has 0 atom stereocenters. The van der Waals surface area contributed by atoms with Crippen molar-refractivity contribution in [3.63, 3.8) is 0 Å². The standard InChI is InChI=1S/C18H31FN2O2/c1-3-10-18(11-4-2)17(22)20-16(21-18)14-6-8-15(9-7-14)23-13-5-12-19/h14-15H,3-13H2,1-2H3,(H,20,21,22)/t14-,15+. The smallest absolute Gasteiger partial charge is 0.253 e. The molecule has 2 aliphatic rings. The van der Waals surface area contributed by atoms with E-state index in [1.165, 1.54) is 0 Å². The number of aliphatic imine (C=N–C) groups is 1. The van der Waals surface area contributed by atoms with Gasteiger partial charge in [0.2, 0.25) is 0 Å². The molecule has 0 aromatic carbocycles. The van der Waals surface area contributed by atoms with Crippen LogP contribution in [0.2, 0.25) is 0 Å². The molecule has 1 aliphatic carbocycles. The second-order valence-electron chi connectivity index (χ2n) is 6.87. The number of carbonyl (C=O) groups is 1. The Morgan fingerprint density at radius 2 is 1.87 bits per heavy atom. The Bertz CT molecular complexity index is 411. The maximum atomic E-state index is 12.5. The van der Waals surface area contributed by atoms with Crippen LogP contribution in [0.5, 0.6) is 0 Å². The van der Waals surface area contributed by atoms with Gasteiger partial charge in [0.25, 0.3) is 5.91 Å². The van der Waals surface area contributed by atoms with E-state index in [0.29, 0.717) is 18.9 Å². The van der Waals surface area contributed by atoms with Gasteiger partial charge < -0.3 is 10.1 Å². The van der Waals surface area contributed by atoms with Gasteiger partial charge in [-0.25, -0.2) is 0 Å². The minimum Gasteiger partial charge on any atom is -0.378 e. The monoisotopic (exact) mass is 326 g/mol. The lowest BCUT2D eigenvalue weighted by Gasteiger charge is -2.28. The first-order valence-corrected chi connectivity index (χ1v) is 9.24. The molecule has 0 radical (unpaired) electrons. The maximum Gasteiger partial charge on any atom is 0.253 e. The Morgan fingerprint density at radius 1 is 1.22 bits per heavy atom. The highest BCUT2D eigenvalue weighted by Gasteiger charge is 2.43. The summed E-state index contributed by atoms with van der Waals surface area (Å²) in [5, 5.41) is 3.07. The molecule has 0 unspecified atom stereocenters. The number of ether oxygens (including phenoxy) is 1. The first-order valence-electron chi connectivity index (χ1n) is 9.24. The fourth-order valence-corrected chi connectivity index (χ4v) is 3.83. The first kappa shape index (κ1) is 18.4. The molecular weight excluding hydrogens is 295 g/mol. The molecule has 1 amide bonds. The summed E-state index contributed by atoms with van der Waals surface area (Å²) in [6.07, 6.45) is 8.27. The predicted octanol–water partition coefficient (Wildman–Crippen LogP) is 3.79. The van der Waals surface area contributed by atoms with E-state index in [-0.39, 0.29) is 18.7 Å². The molecular formula is C18H31FN2O2. The van der Waals surface area contributed by atoms with Gasteiger partial charge in [0, 0.05) is 12.5 Å². The Morgan fingerprint density at radius 3 is 2.43 bits per heavy atom. The van der Waals surface area contributed by atoms with Gasteiger partial charge in [-0.2, -0.15) is 0 Å². The zero-order chi connectivity index (χ0) is 16.7. The van der Waals surface area contributed by atoms with Crippen LogP contribution in [0.1, 0.15) is 71.6 Å². The third kappa shape index (κ3) is 4.52. The van der Waals surface area contributed by atoms with Gasteiger partial charge in [0.05, 0.1) is 12.8 Å². The molecule has 0 aromatic rings. The van der Waals surface area contributed by atoms with E-state index in [1.54, 1.807) is 0 Å². The van der Waals surface area contributed by atoms with Gasteiger partial charge in [-0.05, 0) is 44.9 Å². The maximum absolute atomic E-state index is 12.5. The van der Waals surface area contributed by atoms with Gasteiger partial charge in [0.1, 0.15) is 11.4 Å². The number of rotatable bonds is 9. The molecule has 2 rings (SSSR count). The van der Waals surface area contributed by atoms with Gasteiger partial charge in [0.15, 0.2) is 0 Å². The molecule has 1 N–H and O–H groups in total. The van der Waals surface area contributed by atoms with E-state index >= 15 is 0 Å². The van der Waals surface area contributed by atoms with Gasteiger partial charge in [-0.15, -0.1) is 0 Å². The van der Waals surface area contributed by atoms with Crippen molar-refractivity contribution in [3.8, 4) is 0 Å². The lowest BCUT2D eigenvalue weighted by molar-refractivity contribution is -0.124. The molecule has 4 nitrogen and oxygen atoms in total. The highest BCUT2D eigenvalue weighted by atomic mass is 19.1.